The number of nitrogens with one attached hydrogen (secondary N) is 2. The second-order valence-corrected chi connectivity index (χ2v) is 11.0. The van der Waals surface area contributed by atoms with Crippen molar-refractivity contribution < 1.29 is 21.6 Å². The number of sulfonamides is 2. The summed E-state index contributed by atoms with van der Waals surface area (Å²) in [5.41, 5.74) is 0. The molecule has 2 N–H and O–H groups in total. The molecule has 0 spiro atoms. The summed E-state index contributed by atoms with van der Waals surface area (Å²) in [5, 5.41) is 3.89. The molecule has 0 aliphatic carbocycles. The summed E-state index contributed by atoms with van der Waals surface area (Å²) in [6, 6.07) is 1.27. The van der Waals surface area contributed by atoms with Crippen molar-refractivity contribution in [3.63, 3.8) is 0 Å². The molecule has 1 aliphatic heterocycles. The van der Waals surface area contributed by atoms with E-state index < -0.39 is 26.0 Å². The molecule has 24 heavy (non-hydrogen) atoms. The predicted molar refractivity (Wildman–Crippen MR) is 95.6 cm³/mol. The third-order valence-corrected chi connectivity index (χ3v) is 8.67. The molecule has 1 amide bonds. The fourth-order valence-corrected chi connectivity index (χ4v) is 6.44. The number of amides is 1. The molecule has 12 heteroatoms. The van der Waals surface area contributed by atoms with Crippen LogP contribution in [0, 0.1) is 0 Å². The molecule has 1 fully saturated rings. The molecular formula is C12H19N3O5S4. The minimum Gasteiger partial charge on any atom is -0.350 e. The van der Waals surface area contributed by atoms with Crippen molar-refractivity contribution in [1.29, 1.82) is 0 Å². The topological polar surface area (TPSA) is 113 Å². The first-order valence-electron chi connectivity index (χ1n) is 7.12. The van der Waals surface area contributed by atoms with Gasteiger partial charge in [-0.05, 0) is 13.1 Å². The smallest absolute Gasteiger partial charge is 0.261 e. The minimum atomic E-state index is -3.59. The molecule has 1 aromatic rings. The van der Waals surface area contributed by atoms with E-state index in [9.17, 15) is 21.6 Å². The lowest BCUT2D eigenvalue weighted by atomic mass is 10.4. The van der Waals surface area contributed by atoms with Crippen molar-refractivity contribution in [2.45, 2.75) is 4.90 Å². The maximum absolute atomic E-state index is 12.2. The van der Waals surface area contributed by atoms with Gasteiger partial charge in [0, 0.05) is 36.5 Å². The molecule has 0 aromatic carbocycles. The second-order valence-electron chi connectivity index (χ2n) is 4.94. The average Bonchev–Trinajstić information content (AvgIpc) is 3.06. The van der Waals surface area contributed by atoms with Crippen LogP contribution in [0.5, 0.6) is 0 Å². The van der Waals surface area contributed by atoms with E-state index in [1.54, 1.807) is 11.8 Å². The summed E-state index contributed by atoms with van der Waals surface area (Å²) < 4.78 is 51.2. The predicted octanol–water partition coefficient (Wildman–Crippen LogP) is -0.235. The minimum absolute atomic E-state index is 0.0126. The zero-order valence-electron chi connectivity index (χ0n) is 13.0. The van der Waals surface area contributed by atoms with E-state index in [1.807, 2.05) is 0 Å². The Hall–Kier alpha value is -0.660. The van der Waals surface area contributed by atoms with E-state index in [2.05, 4.69) is 10.0 Å². The quantitative estimate of drug-likeness (QED) is 0.638. The van der Waals surface area contributed by atoms with Crippen molar-refractivity contribution in [1.82, 2.24) is 14.3 Å². The van der Waals surface area contributed by atoms with Crippen LogP contribution in [-0.4, -0.2) is 71.0 Å². The molecule has 136 valence electrons. The Morgan fingerprint density at radius 1 is 1.25 bits per heavy atom. The van der Waals surface area contributed by atoms with Gasteiger partial charge in [0.05, 0.1) is 15.5 Å². The fraction of sp³-hybridized carbons (Fsp3) is 0.583. The number of carbonyl (C=O) groups is 1. The summed E-state index contributed by atoms with van der Waals surface area (Å²) in [6.45, 7) is 0.977. The van der Waals surface area contributed by atoms with Crippen molar-refractivity contribution >= 4 is 49.1 Å². The Morgan fingerprint density at radius 3 is 2.54 bits per heavy atom. The average molecular weight is 414 g/mol. The van der Waals surface area contributed by atoms with E-state index >= 15 is 0 Å². The van der Waals surface area contributed by atoms with E-state index in [0.717, 1.165) is 22.8 Å². The number of thiophene rings is 1. The molecule has 0 saturated carbocycles. The molecule has 0 bridgehead atoms. The van der Waals surface area contributed by atoms with Crippen LogP contribution in [0.15, 0.2) is 16.3 Å². The van der Waals surface area contributed by atoms with Crippen LogP contribution in [0.3, 0.4) is 0 Å². The Kier molecular flexibility index (Phi) is 6.67. The Morgan fingerprint density at radius 2 is 1.92 bits per heavy atom. The molecule has 1 aliphatic rings. The number of carbonyl (C=O) groups excluding carboxylic acids is 1. The first-order chi connectivity index (χ1) is 11.3. The fourth-order valence-electron chi connectivity index (χ4n) is 2.03. The molecule has 0 atom stereocenters. The monoisotopic (exact) mass is 413 g/mol. The van der Waals surface area contributed by atoms with Gasteiger partial charge in [0.2, 0.25) is 20.0 Å². The van der Waals surface area contributed by atoms with Gasteiger partial charge in [-0.2, -0.15) is 11.8 Å². The van der Waals surface area contributed by atoms with Gasteiger partial charge in [0.15, 0.2) is 0 Å². The summed E-state index contributed by atoms with van der Waals surface area (Å²) in [4.78, 5) is 12.2. The lowest BCUT2D eigenvalue weighted by Gasteiger charge is -2.25. The van der Waals surface area contributed by atoms with Crippen LogP contribution >= 0.6 is 23.1 Å². The van der Waals surface area contributed by atoms with Gasteiger partial charge in [0.1, 0.15) is 0 Å². The Labute approximate surface area is 150 Å². The number of hydrogen-bond acceptors (Lipinski definition) is 7. The summed E-state index contributed by atoms with van der Waals surface area (Å²) in [5.74, 6) is 0.908. The van der Waals surface area contributed by atoms with Crippen LogP contribution < -0.4 is 10.0 Å². The molecule has 0 radical (unpaired) electrons. The lowest BCUT2D eigenvalue weighted by molar-refractivity contribution is 0.0960. The van der Waals surface area contributed by atoms with Crippen molar-refractivity contribution in [2.24, 2.45) is 0 Å². The van der Waals surface area contributed by atoms with Crippen LogP contribution in [-0.2, 0) is 20.0 Å². The highest BCUT2D eigenvalue weighted by Crippen LogP contribution is 2.19. The van der Waals surface area contributed by atoms with Gasteiger partial charge in [-0.1, -0.05) is 0 Å². The molecule has 1 aromatic heterocycles. The summed E-state index contributed by atoms with van der Waals surface area (Å²) >= 11 is 2.71. The molecule has 2 heterocycles. The van der Waals surface area contributed by atoms with Crippen molar-refractivity contribution in [3.8, 4) is 0 Å². The molecule has 1 saturated heterocycles. The Bertz CT molecular complexity index is 781. The van der Waals surface area contributed by atoms with E-state index in [-0.39, 0.29) is 22.1 Å². The standard InChI is InChI=1S/C12H19N3O5S4/c1-13-24(19,20)10-8-11(22-9-10)12(16)14-2-7-23(17,18)15-3-5-21-6-4-15/h8-9,13H,2-7H2,1H3,(H,14,16). The van der Waals surface area contributed by atoms with Crippen LogP contribution in [0.4, 0.5) is 0 Å². The highest BCUT2D eigenvalue weighted by atomic mass is 32.2. The maximum Gasteiger partial charge on any atom is 0.261 e. The molecule has 0 unspecified atom stereocenters. The van der Waals surface area contributed by atoms with Crippen molar-refractivity contribution in [2.75, 3.05) is 43.9 Å². The van der Waals surface area contributed by atoms with E-state index in [0.29, 0.717) is 13.1 Å². The van der Waals surface area contributed by atoms with E-state index in [1.165, 1.54) is 22.8 Å². The molecule has 8 nitrogen and oxygen atoms in total. The van der Waals surface area contributed by atoms with Crippen LogP contribution in [0.1, 0.15) is 9.67 Å². The third-order valence-electron chi connectivity index (χ3n) is 3.39. The highest BCUT2D eigenvalue weighted by molar-refractivity contribution is 7.99. The lowest BCUT2D eigenvalue weighted by Crippen LogP contribution is -2.41. The van der Waals surface area contributed by atoms with Crippen LogP contribution in [0.2, 0.25) is 0 Å². The maximum atomic E-state index is 12.2. The van der Waals surface area contributed by atoms with Gasteiger partial charge in [-0.15, -0.1) is 11.3 Å². The molecule has 2 rings (SSSR count). The van der Waals surface area contributed by atoms with Gasteiger partial charge < -0.3 is 5.32 Å². The Balaban J connectivity index is 1.89. The normalized spacial score (nSPS) is 16.9. The zero-order chi connectivity index (χ0) is 17.8. The van der Waals surface area contributed by atoms with Gasteiger partial charge >= 0.3 is 0 Å². The van der Waals surface area contributed by atoms with Crippen LogP contribution in [0.25, 0.3) is 0 Å². The number of nitrogens with zero attached hydrogens (tertiary/aromatic N) is 1. The third kappa shape index (κ3) is 4.92. The number of rotatable bonds is 7. The highest BCUT2D eigenvalue weighted by Gasteiger charge is 2.24. The second kappa shape index (κ2) is 8.15. The first kappa shape index (κ1) is 19.7. The van der Waals surface area contributed by atoms with Gasteiger partial charge in [-0.3, -0.25) is 4.79 Å². The SMILES string of the molecule is CNS(=O)(=O)c1csc(C(=O)NCCS(=O)(=O)N2CCSCC2)c1. The summed E-state index contributed by atoms with van der Waals surface area (Å²) in [6.07, 6.45) is 0. The van der Waals surface area contributed by atoms with E-state index in [4.69, 9.17) is 0 Å². The number of thioether (sulfide) groups is 1. The number of hydrogen-bond donors (Lipinski definition) is 2. The zero-order valence-corrected chi connectivity index (χ0v) is 16.3. The first-order valence-corrected chi connectivity index (χ1v) is 12.2. The van der Waals surface area contributed by atoms with Gasteiger partial charge in [0.25, 0.3) is 5.91 Å². The molecular weight excluding hydrogens is 394 g/mol. The largest absolute Gasteiger partial charge is 0.350 e. The van der Waals surface area contributed by atoms with Crippen molar-refractivity contribution in [3.05, 3.63) is 16.3 Å². The van der Waals surface area contributed by atoms with Gasteiger partial charge in [-0.25, -0.2) is 25.9 Å². The summed E-state index contributed by atoms with van der Waals surface area (Å²) in [7, 11) is -5.69.